The zero-order valence-corrected chi connectivity index (χ0v) is 13.0. The van der Waals surface area contributed by atoms with Crippen LogP contribution in [0.4, 0.5) is 4.39 Å². The summed E-state index contributed by atoms with van der Waals surface area (Å²) in [7, 11) is 0. The van der Waals surface area contributed by atoms with Gasteiger partial charge < -0.3 is 5.11 Å². The second kappa shape index (κ2) is 6.42. The van der Waals surface area contributed by atoms with E-state index in [-0.39, 0.29) is 11.4 Å². The molecule has 2 nitrogen and oxygen atoms in total. The lowest BCUT2D eigenvalue weighted by molar-refractivity contribution is -0.0269. The molecule has 2 rings (SSSR count). The molecule has 1 aliphatic carbocycles. The van der Waals surface area contributed by atoms with E-state index in [9.17, 15) is 9.50 Å². The third kappa shape index (κ3) is 2.72. The van der Waals surface area contributed by atoms with E-state index in [2.05, 4.69) is 18.7 Å². The van der Waals surface area contributed by atoms with Crippen molar-refractivity contribution in [1.29, 1.82) is 0 Å². The number of halogens is 2. The molecule has 0 aliphatic heterocycles. The Morgan fingerprint density at radius 3 is 2.45 bits per heavy atom. The molecule has 0 aromatic heterocycles. The average Bonchev–Trinajstić information content (AvgIpc) is 2.93. The highest BCUT2D eigenvalue weighted by molar-refractivity contribution is 6.31. The zero-order valence-electron chi connectivity index (χ0n) is 12.2. The van der Waals surface area contributed by atoms with Gasteiger partial charge in [-0.3, -0.25) is 4.90 Å². The normalized spacial score (nSPS) is 19.5. The van der Waals surface area contributed by atoms with Crippen LogP contribution in [0.3, 0.4) is 0 Å². The van der Waals surface area contributed by atoms with Crippen molar-refractivity contribution in [3.63, 3.8) is 0 Å². The molecule has 1 fully saturated rings. The fraction of sp³-hybridized carbons (Fsp3) is 0.625. The van der Waals surface area contributed by atoms with Crippen LogP contribution in [-0.2, 0) is 0 Å². The van der Waals surface area contributed by atoms with Crippen molar-refractivity contribution in [3.05, 3.63) is 34.6 Å². The predicted molar refractivity (Wildman–Crippen MR) is 80.5 cm³/mol. The first-order valence-corrected chi connectivity index (χ1v) is 7.81. The van der Waals surface area contributed by atoms with E-state index in [1.165, 1.54) is 18.2 Å². The Labute approximate surface area is 125 Å². The van der Waals surface area contributed by atoms with Crippen molar-refractivity contribution in [1.82, 2.24) is 4.90 Å². The largest absolute Gasteiger partial charge is 0.386 e. The summed E-state index contributed by atoms with van der Waals surface area (Å²) in [6.45, 7) is 5.95. The Morgan fingerprint density at radius 1 is 1.30 bits per heavy atom. The third-order valence-corrected chi connectivity index (χ3v) is 4.97. The molecule has 0 amide bonds. The number of nitrogens with zero attached hydrogens (tertiary/aromatic N) is 1. The lowest BCUT2D eigenvalue weighted by Gasteiger charge is -2.44. The van der Waals surface area contributed by atoms with Crippen LogP contribution >= 0.6 is 11.6 Å². The molecule has 1 unspecified atom stereocenters. The molecule has 1 N–H and O–H groups in total. The molecule has 20 heavy (non-hydrogen) atoms. The van der Waals surface area contributed by atoms with Crippen molar-refractivity contribution < 1.29 is 9.50 Å². The summed E-state index contributed by atoms with van der Waals surface area (Å²) < 4.78 is 13.5. The monoisotopic (exact) mass is 299 g/mol. The van der Waals surface area contributed by atoms with Crippen molar-refractivity contribution in [2.45, 2.75) is 51.2 Å². The van der Waals surface area contributed by atoms with Crippen LogP contribution in [0.1, 0.15) is 51.2 Å². The zero-order chi connectivity index (χ0) is 14.8. The number of aliphatic hydroxyl groups is 1. The van der Waals surface area contributed by atoms with Gasteiger partial charge in [-0.15, -0.1) is 0 Å². The van der Waals surface area contributed by atoms with Gasteiger partial charge in [-0.2, -0.15) is 0 Å². The minimum Gasteiger partial charge on any atom is -0.386 e. The molecular formula is C16H23ClFNO. The van der Waals surface area contributed by atoms with Gasteiger partial charge in [0.05, 0.1) is 11.6 Å². The third-order valence-electron chi connectivity index (χ3n) is 4.62. The van der Waals surface area contributed by atoms with E-state index < -0.39 is 6.10 Å². The second-order valence-electron chi connectivity index (χ2n) is 5.55. The summed E-state index contributed by atoms with van der Waals surface area (Å²) in [5.74, 6) is -0.351. The molecule has 0 radical (unpaired) electrons. The average molecular weight is 300 g/mol. The minimum atomic E-state index is -0.742. The molecule has 112 valence electrons. The molecule has 0 saturated heterocycles. The molecule has 1 aromatic carbocycles. The molecular weight excluding hydrogens is 277 g/mol. The fourth-order valence-corrected chi connectivity index (χ4v) is 3.84. The van der Waals surface area contributed by atoms with Crippen LogP contribution in [0.15, 0.2) is 18.2 Å². The van der Waals surface area contributed by atoms with Gasteiger partial charge in [0.2, 0.25) is 0 Å². The molecule has 1 aromatic rings. The van der Waals surface area contributed by atoms with Crippen molar-refractivity contribution >= 4 is 11.6 Å². The van der Waals surface area contributed by atoms with Crippen LogP contribution in [0, 0.1) is 5.82 Å². The highest BCUT2D eigenvalue weighted by Gasteiger charge is 2.45. The summed E-state index contributed by atoms with van der Waals surface area (Å²) in [4.78, 5) is 2.30. The Morgan fingerprint density at radius 2 is 1.90 bits per heavy atom. The van der Waals surface area contributed by atoms with E-state index in [0.717, 1.165) is 38.8 Å². The first-order chi connectivity index (χ1) is 9.55. The number of aliphatic hydroxyl groups excluding tert-OH is 1. The summed E-state index contributed by atoms with van der Waals surface area (Å²) in [6.07, 6.45) is 3.32. The SMILES string of the molecule is CCN(CC)C1(C(O)c2cc(F)ccc2Cl)CCCC1. The quantitative estimate of drug-likeness (QED) is 0.882. The van der Waals surface area contributed by atoms with Gasteiger partial charge in [0.25, 0.3) is 0 Å². The van der Waals surface area contributed by atoms with Crippen LogP contribution in [0.5, 0.6) is 0 Å². The van der Waals surface area contributed by atoms with Crippen LogP contribution in [0.2, 0.25) is 5.02 Å². The summed E-state index contributed by atoms with van der Waals surface area (Å²) in [5, 5.41) is 11.4. The standard InChI is InChI=1S/C16H23ClFNO/c1-3-19(4-2)16(9-5-6-10-16)15(20)13-11-12(18)7-8-14(13)17/h7-8,11,15,20H,3-6,9-10H2,1-2H3. The van der Waals surface area contributed by atoms with Gasteiger partial charge in [-0.25, -0.2) is 4.39 Å². The van der Waals surface area contributed by atoms with Crippen LogP contribution in [0.25, 0.3) is 0 Å². The Bertz CT molecular complexity index is 456. The Kier molecular flexibility index (Phi) is 5.05. The molecule has 1 atom stereocenters. The van der Waals surface area contributed by atoms with Crippen molar-refractivity contribution in [2.24, 2.45) is 0 Å². The Balaban J connectivity index is 2.41. The maximum atomic E-state index is 13.5. The Hall–Kier alpha value is -0.640. The maximum Gasteiger partial charge on any atom is 0.123 e. The number of hydrogen-bond acceptors (Lipinski definition) is 2. The molecule has 0 bridgehead atoms. The molecule has 0 heterocycles. The molecule has 4 heteroatoms. The van der Waals surface area contributed by atoms with E-state index in [4.69, 9.17) is 11.6 Å². The summed E-state index contributed by atoms with van der Waals surface area (Å²) in [6, 6.07) is 4.23. The molecule has 1 aliphatic rings. The van der Waals surface area contributed by atoms with Gasteiger partial charge >= 0.3 is 0 Å². The maximum absolute atomic E-state index is 13.5. The summed E-state index contributed by atoms with van der Waals surface area (Å²) >= 11 is 6.18. The molecule has 0 spiro atoms. The highest BCUT2D eigenvalue weighted by Crippen LogP contribution is 2.45. The van der Waals surface area contributed by atoms with Gasteiger partial charge in [0.15, 0.2) is 0 Å². The minimum absolute atomic E-state index is 0.305. The smallest absolute Gasteiger partial charge is 0.123 e. The van der Waals surface area contributed by atoms with E-state index in [0.29, 0.717) is 10.6 Å². The number of benzene rings is 1. The van der Waals surface area contributed by atoms with Gasteiger partial charge in [-0.05, 0) is 44.1 Å². The van der Waals surface area contributed by atoms with E-state index >= 15 is 0 Å². The van der Waals surface area contributed by atoms with E-state index in [1.807, 2.05) is 0 Å². The number of rotatable bonds is 5. The summed E-state index contributed by atoms with van der Waals surface area (Å²) in [5.41, 5.74) is 0.210. The van der Waals surface area contributed by atoms with Gasteiger partial charge in [0.1, 0.15) is 5.82 Å². The van der Waals surface area contributed by atoms with Crippen LogP contribution in [-0.4, -0.2) is 28.6 Å². The highest BCUT2D eigenvalue weighted by atomic mass is 35.5. The lowest BCUT2D eigenvalue weighted by Crippen LogP contribution is -2.51. The fourth-order valence-electron chi connectivity index (χ4n) is 3.62. The first-order valence-electron chi connectivity index (χ1n) is 7.43. The van der Waals surface area contributed by atoms with Crippen molar-refractivity contribution in [2.75, 3.05) is 13.1 Å². The van der Waals surface area contributed by atoms with Gasteiger partial charge in [-0.1, -0.05) is 38.3 Å². The van der Waals surface area contributed by atoms with Crippen molar-refractivity contribution in [3.8, 4) is 0 Å². The second-order valence-corrected chi connectivity index (χ2v) is 5.96. The number of likely N-dealkylation sites (N-methyl/N-ethyl adjacent to an activating group) is 1. The van der Waals surface area contributed by atoms with E-state index in [1.54, 1.807) is 0 Å². The number of hydrogen-bond donors (Lipinski definition) is 1. The molecule has 1 saturated carbocycles. The van der Waals surface area contributed by atoms with Crippen LogP contribution < -0.4 is 0 Å². The first kappa shape index (κ1) is 15.7. The predicted octanol–water partition coefficient (Wildman–Crippen LogP) is 4.17. The van der Waals surface area contributed by atoms with Gasteiger partial charge in [0, 0.05) is 10.6 Å². The topological polar surface area (TPSA) is 23.5 Å². The lowest BCUT2D eigenvalue weighted by atomic mass is 9.84.